The highest BCUT2D eigenvalue weighted by Crippen LogP contribution is 2.06. The van der Waals surface area contributed by atoms with Gasteiger partial charge in [-0.05, 0) is 25.8 Å². The Labute approximate surface area is 212 Å². The second-order valence-corrected chi connectivity index (χ2v) is 8.37. The molecule has 0 aliphatic carbocycles. The molecule has 0 aliphatic rings. The summed E-state index contributed by atoms with van der Waals surface area (Å²) in [5.41, 5.74) is 22.0. The van der Waals surface area contributed by atoms with Gasteiger partial charge in [0, 0.05) is 24.7 Å². The van der Waals surface area contributed by atoms with Crippen molar-refractivity contribution in [2.24, 2.45) is 22.9 Å². The van der Waals surface area contributed by atoms with Crippen LogP contribution in [-0.2, 0) is 35.2 Å². The first-order valence-corrected chi connectivity index (χ1v) is 11.6. The molecule has 1 heterocycles. The Balaban J connectivity index is 3.05. The first-order chi connectivity index (χ1) is 17.4. The van der Waals surface area contributed by atoms with E-state index in [1.54, 1.807) is 0 Å². The number of hydrogen-bond donors (Lipinski definition) is 9. The fraction of sp³-hybridized carbons (Fsp3) is 0.571. The van der Waals surface area contributed by atoms with Gasteiger partial charge in [0.05, 0.1) is 18.8 Å². The second kappa shape index (κ2) is 15.8. The summed E-state index contributed by atoms with van der Waals surface area (Å²) in [5, 5.41) is 16.3. The molecule has 1 rings (SSSR count). The molecule has 37 heavy (non-hydrogen) atoms. The summed E-state index contributed by atoms with van der Waals surface area (Å²) in [7, 11) is 0. The summed E-state index contributed by atoms with van der Waals surface area (Å²) in [5.74, 6) is -5.69. The SMILES string of the molecule is NCCCCC(N)C(=O)NC(Cc1cnc[nH]1)C(=O)NC(CCC(N)=O)C(=O)NC(CC(N)=O)C(=O)O. The van der Waals surface area contributed by atoms with Crippen molar-refractivity contribution in [1.82, 2.24) is 25.9 Å². The van der Waals surface area contributed by atoms with E-state index in [0.29, 0.717) is 31.5 Å². The average molecular weight is 526 g/mol. The van der Waals surface area contributed by atoms with Gasteiger partial charge in [-0.15, -0.1) is 0 Å². The van der Waals surface area contributed by atoms with Crippen LogP contribution in [0.4, 0.5) is 0 Å². The topological polar surface area (TPSA) is 292 Å². The third-order valence-electron chi connectivity index (χ3n) is 5.25. The predicted octanol–water partition coefficient (Wildman–Crippen LogP) is -3.91. The Morgan fingerprint density at radius 2 is 1.51 bits per heavy atom. The van der Waals surface area contributed by atoms with Crippen molar-refractivity contribution in [2.45, 2.75) is 69.1 Å². The predicted molar refractivity (Wildman–Crippen MR) is 129 cm³/mol. The first kappa shape index (κ1) is 31.0. The zero-order chi connectivity index (χ0) is 28.0. The Kier molecular flexibility index (Phi) is 13.3. The van der Waals surface area contributed by atoms with E-state index in [2.05, 4.69) is 25.9 Å². The Bertz CT molecular complexity index is 939. The van der Waals surface area contributed by atoms with E-state index in [1.807, 2.05) is 0 Å². The van der Waals surface area contributed by atoms with E-state index < -0.39 is 66.1 Å². The number of aliphatic carboxylic acids is 1. The van der Waals surface area contributed by atoms with Crippen LogP contribution in [0.3, 0.4) is 0 Å². The summed E-state index contributed by atoms with van der Waals surface area (Å²) in [4.78, 5) is 79.0. The van der Waals surface area contributed by atoms with Crippen molar-refractivity contribution >= 4 is 35.5 Å². The Morgan fingerprint density at radius 3 is 2.05 bits per heavy atom. The summed E-state index contributed by atoms with van der Waals surface area (Å²) < 4.78 is 0. The van der Waals surface area contributed by atoms with E-state index in [4.69, 9.17) is 22.9 Å². The van der Waals surface area contributed by atoms with Crippen LogP contribution in [0.2, 0.25) is 0 Å². The number of carbonyl (C=O) groups is 6. The number of rotatable bonds is 18. The Hall–Kier alpha value is -4.05. The maximum absolute atomic E-state index is 13.1. The van der Waals surface area contributed by atoms with Crippen LogP contribution >= 0.6 is 0 Å². The van der Waals surface area contributed by atoms with E-state index in [0.717, 1.165) is 0 Å². The molecule has 1 aromatic rings. The fourth-order valence-corrected chi connectivity index (χ4v) is 3.25. The summed E-state index contributed by atoms with van der Waals surface area (Å²) in [6, 6.07) is -5.21. The standard InChI is InChI=1S/C21H35N9O7/c22-6-2-1-3-12(23)18(33)29-14(7-11-9-26-10-27-11)20(35)28-13(4-5-16(24)31)19(34)30-15(21(36)37)8-17(25)32/h9-10,12-15H,1-8,22-23H2,(H2,24,31)(H2,25,32)(H,26,27)(H,28,35)(H,29,33)(H,30,34)(H,36,37). The van der Waals surface area contributed by atoms with Crippen LogP contribution < -0.4 is 38.9 Å². The van der Waals surface area contributed by atoms with E-state index in [-0.39, 0.29) is 19.3 Å². The van der Waals surface area contributed by atoms with Gasteiger partial charge in [-0.1, -0.05) is 6.42 Å². The van der Waals surface area contributed by atoms with Crippen LogP contribution in [0.1, 0.15) is 44.2 Å². The minimum absolute atomic E-state index is 0.0450. The van der Waals surface area contributed by atoms with Crippen LogP contribution in [0.15, 0.2) is 12.5 Å². The third-order valence-corrected chi connectivity index (χ3v) is 5.25. The molecule has 4 unspecified atom stereocenters. The average Bonchev–Trinajstić information content (AvgIpc) is 3.33. The number of nitrogens with one attached hydrogen (secondary N) is 4. The molecule has 1 aromatic heterocycles. The molecule has 0 aromatic carbocycles. The third kappa shape index (κ3) is 12.0. The molecule has 0 radical (unpaired) electrons. The number of aromatic nitrogens is 2. The van der Waals surface area contributed by atoms with Crippen molar-refractivity contribution in [3.63, 3.8) is 0 Å². The number of unbranched alkanes of at least 4 members (excludes halogenated alkanes) is 1. The molecule has 0 spiro atoms. The van der Waals surface area contributed by atoms with Crippen LogP contribution in [-0.4, -0.2) is 81.3 Å². The maximum atomic E-state index is 13.1. The van der Waals surface area contributed by atoms with Crippen molar-refractivity contribution in [1.29, 1.82) is 0 Å². The fourth-order valence-electron chi connectivity index (χ4n) is 3.25. The smallest absolute Gasteiger partial charge is 0.326 e. The van der Waals surface area contributed by atoms with Crippen LogP contribution in [0.25, 0.3) is 0 Å². The molecule has 16 heteroatoms. The van der Waals surface area contributed by atoms with Gasteiger partial charge in [0.2, 0.25) is 29.5 Å². The van der Waals surface area contributed by atoms with Crippen molar-refractivity contribution in [2.75, 3.05) is 6.54 Å². The molecule has 0 saturated carbocycles. The van der Waals surface area contributed by atoms with Gasteiger partial charge in [0.1, 0.15) is 18.1 Å². The van der Waals surface area contributed by atoms with Gasteiger partial charge in [-0.2, -0.15) is 0 Å². The zero-order valence-corrected chi connectivity index (χ0v) is 20.3. The molecule has 0 aliphatic heterocycles. The maximum Gasteiger partial charge on any atom is 0.326 e. The lowest BCUT2D eigenvalue weighted by atomic mass is 10.1. The van der Waals surface area contributed by atoms with E-state index in [1.165, 1.54) is 12.5 Å². The quantitative estimate of drug-likeness (QED) is 0.0839. The largest absolute Gasteiger partial charge is 0.480 e. The zero-order valence-electron chi connectivity index (χ0n) is 20.3. The molecule has 0 fully saturated rings. The first-order valence-electron chi connectivity index (χ1n) is 11.6. The number of aromatic amines is 1. The number of carboxylic acid groups (broad SMARTS) is 1. The minimum Gasteiger partial charge on any atom is -0.480 e. The molecule has 0 bridgehead atoms. The van der Waals surface area contributed by atoms with E-state index in [9.17, 15) is 33.9 Å². The van der Waals surface area contributed by atoms with Gasteiger partial charge in [-0.25, -0.2) is 9.78 Å². The minimum atomic E-state index is -1.66. The van der Waals surface area contributed by atoms with Gasteiger partial charge in [-0.3, -0.25) is 24.0 Å². The summed E-state index contributed by atoms with van der Waals surface area (Å²) in [6.45, 7) is 0.441. The number of imidazole rings is 1. The monoisotopic (exact) mass is 525 g/mol. The van der Waals surface area contributed by atoms with Crippen molar-refractivity contribution in [3.05, 3.63) is 18.2 Å². The lowest BCUT2D eigenvalue weighted by molar-refractivity contribution is -0.144. The number of nitrogens with zero attached hydrogens (tertiary/aromatic N) is 1. The summed E-state index contributed by atoms with van der Waals surface area (Å²) in [6.07, 6.45) is 3.08. The normalized spacial score (nSPS) is 14.0. The highest BCUT2D eigenvalue weighted by atomic mass is 16.4. The number of nitrogens with two attached hydrogens (primary N) is 4. The van der Waals surface area contributed by atoms with Crippen molar-refractivity contribution < 1.29 is 33.9 Å². The number of carbonyl (C=O) groups excluding carboxylic acids is 5. The lowest BCUT2D eigenvalue weighted by Crippen LogP contribution is -2.58. The molecule has 0 saturated heterocycles. The lowest BCUT2D eigenvalue weighted by Gasteiger charge is -2.25. The molecular weight excluding hydrogens is 490 g/mol. The highest BCUT2D eigenvalue weighted by Gasteiger charge is 2.31. The van der Waals surface area contributed by atoms with Gasteiger partial charge < -0.3 is 49.0 Å². The molecule has 4 atom stereocenters. The van der Waals surface area contributed by atoms with E-state index >= 15 is 0 Å². The number of hydrogen-bond acceptors (Lipinski definition) is 9. The number of carboxylic acids is 1. The summed E-state index contributed by atoms with van der Waals surface area (Å²) >= 11 is 0. The number of H-pyrrole nitrogens is 1. The second-order valence-electron chi connectivity index (χ2n) is 8.37. The number of amides is 5. The Morgan fingerprint density at radius 1 is 0.892 bits per heavy atom. The van der Waals surface area contributed by atoms with Gasteiger partial charge in [0.15, 0.2) is 0 Å². The highest BCUT2D eigenvalue weighted by molar-refractivity contribution is 5.95. The van der Waals surface area contributed by atoms with Crippen LogP contribution in [0, 0.1) is 0 Å². The van der Waals surface area contributed by atoms with Crippen LogP contribution in [0.5, 0.6) is 0 Å². The molecule has 16 nitrogen and oxygen atoms in total. The molecule has 13 N–H and O–H groups in total. The number of primary amides is 2. The molecule has 5 amide bonds. The van der Waals surface area contributed by atoms with Crippen molar-refractivity contribution in [3.8, 4) is 0 Å². The molecular formula is C21H35N9O7. The van der Waals surface area contributed by atoms with Gasteiger partial charge >= 0.3 is 5.97 Å². The molecule has 206 valence electrons. The van der Waals surface area contributed by atoms with Gasteiger partial charge in [0.25, 0.3) is 0 Å².